The Morgan fingerprint density at radius 3 is 2.62 bits per heavy atom. The molecule has 0 aliphatic heterocycles. The van der Waals surface area contributed by atoms with E-state index < -0.39 is 11.0 Å². The van der Waals surface area contributed by atoms with E-state index in [1.165, 1.54) is 0 Å². The van der Waals surface area contributed by atoms with E-state index in [-0.39, 0.29) is 0 Å². The first-order chi connectivity index (χ1) is 7.75. The third kappa shape index (κ3) is 2.71. The van der Waals surface area contributed by atoms with Crippen LogP contribution in [0.2, 0.25) is 0 Å². The maximum Gasteiger partial charge on any atom is 0.125 e. The summed E-state index contributed by atoms with van der Waals surface area (Å²) < 4.78 is 19.7. The fraction of sp³-hybridized carbons (Fsp3) is 0.0909. The molecule has 0 aliphatic rings. The lowest BCUT2D eigenvalue weighted by Gasteiger charge is -2.03. The Balaban J connectivity index is 1.95. The van der Waals surface area contributed by atoms with Crippen molar-refractivity contribution in [3.05, 3.63) is 48.4 Å². The van der Waals surface area contributed by atoms with Crippen molar-refractivity contribution >= 4 is 16.7 Å². The minimum absolute atomic E-state index is 0.435. The summed E-state index contributed by atoms with van der Waals surface area (Å²) >= 11 is 0. The Hall–Kier alpha value is -1.59. The van der Waals surface area contributed by atoms with Crippen LogP contribution in [0.15, 0.2) is 52.0 Å². The SMILES string of the molecule is Nc1ccc(S(=O)NCc2ccco2)cc1. The van der Waals surface area contributed by atoms with Gasteiger partial charge < -0.3 is 10.2 Å². The lowest BCUT2D eigenvalue weighted by Crippen LogP contribution is -2.16. The van der Waals surface area contributed by atoms with E-state index in [1.807, 2.05) is 6.07 Å². The Morgan fingerprint density at radius 2 is 2.00 bits per heavy atom. The number of hydrogen-bond donors (Lipinski definition) is 2. The lowest BCUT2D eigenvalue weighted by molar-refractivity contribution is 0.504. The van der Waals surface area contributed by atoms with Gasteiger partial charge in [-0.05, 0) is 36.4 Å². The largest absolute Gasteiger partial charge is 0.468 e. The molecule has 2 aromatic rings. The minimum atomic E-state index is -1.24. The minimum Gasteiger partial charge on any atom is -0.468 e. The average Bonchev–Trinajstić information content (AvgIpc) is 2.80. The zero-order chi connectivity index (χ0) is 11.4. The van der Waals surface area contributed by atoms with Crippen LogP contribution in [0.25, 0.3) is 0 Å². The van der Waals surface area contributed by atoms with Gasteiger partial charge in [0.25, 0.3) is 0 Å². The van der Waals surface area contributed by atoms with Crippen LogP contribution in [-0.2, 0) is 17.5 Å². The normalized spacial score (nSPS) is 12.5. The fourth-order valence-electron chi connectivity index (χ4n) is 1.22. The summed E-state index contributed by atoms with van der Waals surface area (Å²) in [6.45, 7) is 0.435. The first kappa shape index (κ1) is 10.9. The van der Waals surface area contributed by atoms with E-state index in [9.17, 15) is 4.21 Å². The molecule has 1 unspecified atom stereocenters. The predicted octanol–water partition coefficient (Wildman–Crippen LogP) is 1.67. The Labute approximate surface area is 96.0 Å². The molecule has 0 amide bonds. The van der Waals surface area contributed by atoms with Gasteiger partial charge in [0, 0.05) is 5.69 Å². The maximum absolute atomic E-state index is 11.8. The summed E-state index contributed by atoms with van der Waals surface area (Å²) in [5.74, 6) is 0.754. The zero-order valence-electron chi connectivity index (χ0n) is 8.55. The molecule has 0 spiro atoms. The van der Waals surface area contributed by atoms with Gasteiger partial charge in [0.1, 0.15) is 16.7 Å². The first-order valence-electron chi connectivity index (χ1n) is 4.79. The maximum atomic E-state index is 11.8. The second kappa shape index (κ2) is 4.96. The summed E-state index contributed by atoms with van der Waals surface area (Å²) in [7, 11) is -1.24. The van der Waals surface area contributed by atoms with Crippen LogP contribution >= 0.6 is 0 Å². The molecular weight excluding hydrogens is 224 g/mol. The number of nitrogen functional groups attached to an aromatic ring is 1. The van der Waals surface area contributed by atoms with Crippen LogP contribution < -0.4 is 10.5 Å². The molecule has 0 saturated heterocycles. The molecule has 0 saturated carbocycles. The summed E-state index contributed by atoms with van der Waals surface area (Å²) in [5.41, 5.74) is 6.20. The predicted molar refractivity (Wildman–Crippen MR) is 62.8 cm³/mol. The van der Waals surface area contributed by atoms with Crippen LogP contribution in [0.1, 0.15) is 5.76 Å². The lowest BCUT2D eigenvalue weighted by atomic mass is 10.3. The van der Waals surface area contributed by atoms with Crippen LogP contribution in [0.3, 0.4) is 0 Å². The standard InChI is InChI=1S/C11H12N2O2S/c12-9-3-5-11(6-4-9)16(14)13-8-10-2-1-7-15-10/h1-7,13H,8,12H2. The Bertz CT molecular complexity index is 465. The quantitative estimate of drug-likeness (QED) is 0.793. The highest BCUT2D eigenvalue weighted by molar-refractivity contribution is 7.83. The van der Waals surface area contributed by atoms with E-state index in [1.54, 1.807) is 36.6 Å². The van der Waals surface area contributed by atoms with E-state index in [2.05, 4.69) is 4.72 Å². The average molecular weight is 236 g/mol. The number of benzene rings is 1. The van der Waals surface area contributed by atoms with Gasteiger partial charge in [-0.15, -0.1) is 0 Å². The van der Waals surface area contributed by atoms with Crippen molar-refractivity contribution in [3.8, 4) is 0 Å². The van der Waals surface area contributed by atoms with Crippen molar-refractivity contribution in [2.24, 2.45) is 0 Å². The number of rotatable bonds is 4. The molecule has 0 aliphatic carbocycles. The van der Waals surface area contributed by atoms with Crippen molar-refractivity contribution in [1.29, 1.82) is 0 Å². The molecule has 5 heteroatoms. The fourth-order valence-corrected chi connectivity index (χ4v) is 2.05. The van der Waals surface area contributed by atoms with Gasteiger partial charge >= 0.3 is 0 Å². The van der Waals surface area contributed by atoms with Crippen LogP contribution in [0, 0.1) is 0 Å². The first-order valence-corrected chi connectivity index (χ1v) is 5.94. The molecule has 4 nitrogen and oxygen atoms in total. The van der Waals surface area contributed by atoms with Gasteiger partial charge in [-0.3, -0.25) is 0 Å². The molecule has 1 heterocycles. The molecule has 0 radical (unpaired) electrons. The van der Waals surface area contributed by atoms with E-state index in [0.717, 1.165) is 5.76 Å². The van der Waals surface area contributed by atoms with E-state index >= 15 is 0 Å². The van der Waals surface area contributed by atoms with Gasteiger partial charge in [-0.1, -0.05) is 0 Å². The Kier molecular flexibility index (Phi) is 3.38. The molecule has 1 aromatic carbocycles. The number of nitrogens with two attached hydrogens (primary N) is 1. The molecule has 0 fully saturated rings. The van der Waals surface area contributed by atoms with Gasteiger partial charge in [0.2, 0.25) is 0 Å². The van der Waals surface area contributed by atoms with Crippen molar-refractivity contribution in [2.75, 3.05) is 5.73 Å². The van der Waals surface area contributed by atoms with Gasteiger partial charge in [0.05, 0.1) is 17.7 Å². The Morgan fingerprint density at radius 1 is 1.25 bits per heavy atom. The highest BCUT2D eigenvalue weighted by Gasteiger charge is 2.03. The van der Waals surface area contributed by atoms with Crippen molar-refractivity contribution in [2.45, 2.75) is 11.4 Å². The molecule has 0 bridgehead atoms. The smallest absolute Gasteiger partial charge is 0.125 e. The molecule has 2 rings (SSSR count). The molecule has 1 aromatic heterocycles. The topological polar surface area (TPSA) is 68.3 Å². The second-order valence-corrected chi connectivity index (χ2v) is 4.54. The molecule has 3 N–H and O–H groups in total. The highest BCUT2D eigenvalue weighted by atomic mass is 32.2. The number of anilines is 1. The number of nitrogens with one attached hydrogen (secondary N) is 1. The van der Waals surface area contributed by atoms with E-state index in [0.29, 0.717) is 17.1 Å². The third-order valence-corrected chi connectivity index (χ3v) is 3.16. The number of furan rings is 1. The van der Waals surface area contributed by atoms with E-state index in [4.69, 9.17) is 10.2 Å². The van der Waals surface area contributed by atoms with Crippen LogP contribution in [0.4, 0.5) is 5.69 Å². The van der Waals surface area contributed by atoms with Gasteiger partial charge in [0.15, 0.2) is 0 Å². The van der Waals surface area contributed by atoms with Gasteiger partial charge in [-0.25, -0.2) is 8.93 Å². The van der Waals surface area contributed by atoms with Crippen molar-refractivity contribution < 1.29 is 8.63 Å². The summed E-state index contributed by atoms with van der Waals surface area (Å²) in [4.78, 5) is 0.695. The second-order valence-electron chi connectivity index (χ2n) is 3.24. The summed E-state index contributed by atoms with van der Waals surface area (Å²) in [5, 5.41) is 0. The van der Waals surface area contributed by atoms with Crippen LogP contribution in [-0.4, -0.2) is 4.21 Å². The molecule has 1 atom stereocenters. The summed E-state index contributed by atoms with van der Waals surface area (Å²) in [6.07, 6.45) is 1.59. The molecule has 16 heavy (non-hydrogen) atoms. The van der Waals surface area contributed by atoms with Crippen molar-refractivity contribution in [3.63, 3.8) is 0 Å². The van der Waals surface area contributed by atoms with Gasteiger partial charge in [-0.2, -0.15) is 0 Å². The highest BCUT2D eigenvalue weighted by Crippen LogP contribution is 2.09. The van der Waals surface area contributed by atoms with Crippen LogP contribution in [0.5, 0.6) is 0 Å². The molecular formula is C11H12N2O2S. The van der Waals surface area contributed by atoms with Crippen molar-refractivity contribution in [1.82, 2.24) is 4.72 Å². The number of hydrogen-bond acceptors (Lipinski definition) is 3. The third-order valence-electron chi connectivity index (χ3n) is 2.05. The monoisotopic (exact) mass is 236 g/mol. The summed E-state index contributed by atoms with van der Waals surface area (Å²) in [6, 6.07) is 10.5. The zero-order valence-corrected chi connectivity index (χ0v) is 9.37. The molecule has 84 valence electrons.